The summed E-state index contributed by atoms with van der Waals surface area (Å²) in [7, 11) is 0. The van der Waals surface area contributed by atoms with E-state index >= 15 is 0 Å². The molecule has 0 unspecified atom stereocenters. The van der Waals surface area contributed by atoms with Crippen LogP contribution >= 0.6 is 11.8 Å². The number of aromatic nitrogens is 2. The average Bonchev–Trinajstić information content (AvgIpc) is 3.25. The van der Waals surface area contributed by atoms with E-state index in [-0.39, 0.29) is 5.91 Å². The van der Waals surface area contributed by atoms with Crippen molar-refractivity contribution in [3.63, 3.8) is 0 Å². The van der Waals surface area contributed by atoms with Gasteiger partial charge in [-0.05, 0) is 5.56 Å². The number of carbonyl (C=O) groups excluding carboxylic acids is 1. The van der Waals surface area contributed by atoms with Crippen molar-refractivity contribution in [2.45, 2.75) is 25.5 Å². The zero-order chi connectivity index (χ0) is 16.1. The maximum Gasteiger partial charge on any atom is 0.252 e. The molecule has 0 fully saturated rings. The zero-order valence-electron chi connectivity index (χ0n) is 12.9. The minimum atomic E-state index is 0.0140. The van der Waals surface area contributed by atoms with Gasteiger partial charge in [-0.15, -0.1) is 11.8 Å². The highest BCUT2D eigenvalue weighted by Crippen LogP contribution is 2.16. The Morgan fingerprint density at radius 3 is 2.91 bits per heavy atom. The van der Waals surface area contributed by atoms with Gasteiger partial charge in [0.2, 0.25) is 5.89 Å². The van der Waals surface area contributed by atoms with Gasteiger partial charge in [-0.25, -0.2) is 5.01 Å². The predicted octanol–water partition coefficient (Wildman–Crippen LogP) is 2.50. The molecule has 0 aliphatic carbocycles. The molecule has 0 N–H and O–H groups in total. The van der Waals surface area contributed by atoms with Crippen LogP contribution in [0.15, 0.2) is 40.0 Å². The summed E-state index contributed by atoms with van der Waals surface area (Å²) < 4.78 is 5.04. The van der Waals surface area contributed by atoms with Gasteiger partial charge in [-0.1, -0.05) is 42.4 Å². The van der Waals surface area contributed by atoms with Crippen LogP contribution in [0.25, 0.3) is 0 Å². The summed E-state index contributed by atoms with van der Waals surface area (Å²) in [5.41, 5.74) is 2.05. The number of hydrazone groups is 1. The quantitative estimate of drug-likeness (QED) is 0.814. The molecular formula is C16H18N4O2S. The van der Waals surface area contributed by atoms with E-state index in [4.69, 9.17) is 4.52 Å². The molecule has 1 aromatic carbocycles. The van der Waals surface area contributed by atoms with Gasteiger partial charge in [0.1, 0.15) is 0 Å². The van der Waals surface area contributed by atoms with Gasteiger partial charge in [0, 0.05) is 12.8 Å². The number of thioether (sulfide) groups is 1. The van der Waals surface area contributed by atoms with Crippen LogP contribution < -0.4 is 0 Å². The molecule has 1 aliphatic heterocycles. The molecule has 2 heterocycles. The van der Waals surface area contributed by atoms with Crippen molar-refractivity contribution in [2.24, 2.45) is 5.10 Å². The molecular weight excluding hydrogens is 312 g/mol. The van der Waals surface area contributed by atoms with E-state index in [2.05, 4.69) is 15.2 Å². The van der Waals surface area contributed by atoms with E-state index in [0.29, 0.717) is 29.8 Å². The van der Waals surface area contributed by atoms with Crippen LogP contribution in [0.5, 0.6) is 0 Å². The van der Waals surface area contributed by atoms with Crippen LogP contribution in [0.4, 0.5) is 0 Å². The Balaban J connectivity index is 1.50. The van der Waals surface area contributed by atoms with Gasteiger partial charge in [0.15, 0.2) is 5.82 Å². The highest BCUT2D eigenvalue weighted by Gasteiger charge is 2.21. The number of carbonyl (C=O) groups is 1. The second-order valence-electron chi connectivity index (χ2n) is 5.13. The lowest BCUT2D eigenvalue weighted by Gasteiger charge is -2.10. The third-order valence-corrected chi connectivity index (χ3v) is 4.38. The monoisotopic (exact) mass is 330 g/mol. The smallest absolute Gasteiger partial charge is 0.252 e. The van der Waals surface area contributed by atoms with Gasteiger partial charge < -0.3 is 4.52 Å². The summed E-state index contributed by atoms with van der Waals surface area (Å²) >= 11 is 1.48. The van der Waals surface area contributed by atoms with E-state index in [1.165, 1.54) is 11.8 Å². The van der Waals surface area contributed by atoms with Crippen LogP contribution in [0.2, 0.25) is 0 Å². The third-order valence-electron chi connectivity index (χ3n) is 3.47. The minimum absolute atomic E-state index is 0.0140. The summed E-state index contributed by atoms with van der Waals surface area (Å²) in [6.07, 6.45) is 1.52. The lowest BCUT2D eigenvalue weighted by molar-refractivity contribution is -0.127. The van der Waals surface area contributed by atoms with E-state index in [9.17, 15) is 4.79 Å². The van der Waals surface area contributed by atoms with Crippen LogP contribution in [0.1, 0.15) is 30.6 Å². The largest absolute Gasteiger partial charge is 0.339 e. The molecule has 0 saturated carbocycles. The Kier molecular flexibility index (Phi) is 5.07. The molecule has 0 atom stereocenters. The Morgan fingerprint density at radius 1 is 1.35 bits per heavy atom. The summed E-state index contributed by atoms with van der Waals surface area (Å²) in [6.45, 7) is 2.61. The van der Waals surface area contributed by atoms with Crippen LogP contribution in [0.3, 0.4) is 0 Å². The highest BCUT2D eigenvalue weighted by molar-refractivity contribution is 7.99. The van der Waals surface area contributed by atoms with Crippen LogP contribution in [0, 0.1) is 0 Å². The van der Waals surface area contributed by atoms with E-state index in [1.807, 2.05) is 37.3 Å². The normalized spacial score (nSPS) is 14.1. The maximum absolute atomic E-state index is 12.2. The standard InChI is InChI=1S/C16H18N4O2S/c1-2-15-17-14(19-22-15)10-23-11-16(21)20-9-8-13(18-20)12-6-4-3-5-7-12/h3-7H,2,8-11H2,1H3. The lowest BCUT2D eigenvalue weighted by Crippen LogP contribution is -2.25. The number of nitrogens with zero attached hydrogens (tertiary/aromatic N) is 4. The molecule has 1 amide bonds. The van der Waals surface area contributed by atoms with Gasteiger partial charge >= 0.3 is 0 Å². The van der Waals surface area contributed by atoms with E-state index in [0.717, 1.165) is 24.1 Å². The number of amides is 1. The van der Waals surface area contributed by atoms with Crippen LogP contribution in [-0.4, -0.2) is 39.1 Å². The molecule has 0 bridgehead atoms. The maximum atomic E-state index is 12.2. The van der Waals surface area contributed by atoms with Crippen molar-refractivity contribution in [3.8, 4) is 0 Å². The Labute approximate surface area is 138 Å². The molecule has 2 aromatic rings. The Hall–Kier alpha value is -2.15. The summed E-state index contributed by atoms with van der Waals surface area (Å²) in [5, 5.41) is 9.87. The molecule has 0 saturated heterocycles. The average molecular weight is 330 g/mol. The molecule has 3 rings (SSSR count). The van der Waals surface area contributed by atoms with Crippen molar-refractivity contribution in [1.82, 2.24) is 15.1 Å². The number of aryl methyl sites for hydroxylation is 1. The highest BCUT2D eigenvalue weighted by atomic mass is 32.2. The first-order valence-electron chi connectivity index (χ1n) is 7.58. The molecule has 0 spiro atoms. The first-order chi connectivity index (χ1) is 11.3. The van der Waals surface area contributed by atoms with Crippen LogP contribution in [-0.2, 0) is 17.0 Å². The van der Waals surface area contributed by atoms with Gasteiger partial charge in [-0.2, -0.15) is 10.1 Å². The van der Waals surface area contributed by atoms with Crippen molar-refractivity contribution in [3.05, 3.63) is 47.6 Å². The minimum Gasteiger partial charge on any atom is -0.339 e. The lowest BCUT2D eigenvalue weighted by atomic mass is 10.1. The van der Waals surface area contributed by atoms with E-state index in [1.54, 1.807) is 5.01 Å². The second-order valence-corrected chi connectivity index (χ2v) is 6.12. The zero-order valence-corrected chi connectivity index (χ0v) is 13.8. The molecule has 1 aromatic heterocycles. The first kappa shape index (κ1) is 15.7. The van der Waals surface area contributed by atoms with Gasteiger partial charge in [-0.3, -0.25) is 4.79 Å². The fourth-order valence-electron chi connectivity index (χ4n) is 2.27. The molecule has 23 heavy (non-hydrogen) atoms. The summed E-state index contributed by atoms with van der Waals surface area (Å²) in [5.74, 6) is 2.21. The van der Waals surface area contributed by atoms with Gasteiger partial charge in [0.25, 0.3) is 5.91 Å². The van der Waals surface area contributed by atoms with Gasteiger partial charge in [0.05, 0.1) is 23.8 Å². The summed E-state index contributed by atoms with van der Waals surface area (Å²) in [6, 6.07) is 9.97. The number of benzene rings is 1. The summed E-state index contributed by atoms with van der Waals surface area (Å²) in [4.78, 5) is 16.4. The molecule has 6 nitrogen and oxygen atoms in total. The molecule has 0 radical (unpaired) electrons. The first-order valence-corrected chi connectivity index (χ1v) is 8.74. The number of hydrogen-bond donors (Lipinski definition) is 0. The van der Waals surface area contributed by atoms with Crippen molar-refractivity contribution >= 4 is 23.4 Å². The van der Waals surface area contributed by atoms with E-state index < -0.39 is 0 Å². The molecule has 1 aliphatic rings. The van der Waals surface area contributed by atoms with Crippen molar-refractivity contribution < 1.29 is 9.32 Å². The second kappa shape index (κ2) is 7.41. The SMILES string of the molecule is CCc1nc(CSCC(=O)N2CCC(c3ccccc3)=N2)no1. The molecule has 120 valence electrons. The predicted molar refractivity (Wildman–Crippen MR) is 89.1 cm³/mol. The van der Waals surface area contributed by atoms with Crippen molar-refractivity contribution in [2.75, 3.05) is 12.3 Å². The number of rotatable bonds is 6. The van der Waals surface area contributed by atoms with Crippen molar-refractivity contribution in [1.29, 1.82) is 0 Å². The topological polar surface area (TPSA) is 71.6 Å². The molecule has 7 heteroatoms. The number of hydrogen-bond acceptors (Lipinski definition) is 6. The fourth-order valence-corrected chi connectivity index (χ4v) is 2.99. The Bertz CT molecular complexity index is 699. The third kappa shape index (κ3) is 3.98. The fraction of sp³-hybridized carbons (Fsp3) is 0.375. The Morgan fingerprint density at radius 2 is 2.17 bits per heavy atom.